The lowest BCUT2D eigenvalue weighted by Crippen LogP contribution is -2.55. The lowest BCUT2D eigenvalue weighted by Gasteiger charge is -2.36. The predicted octanol–water partition coefficient (Wildman–Crippen LogP) is 7.39. The molecule has 7 rings (SSSR count). The number of benzene rings is 4. The van der Waals surface area contributed by atoms with Gasteiger partial charge in [0.05, 0.1) is 16.3 Å². The molecule has 2 aliphatic heterocycles. The number of carboxylic acids is 1. The number of fused-ring (bicyclic) bond motifs is 2. The first kappa shape index (κ1) is 39.9. The minimum absolute atomic E-state index is 0.00423. The Morgan fingerprint density at radius 3 is 2.33 bits per heavy atom. The summed E-state index contributed by atoms with van der Waals surface area (Å²) in [7, 11) is -3.91. The number of pyridine rings is 1. The molecule has 0 saturated heterocycles. The number of aliphatic carboxylic acids is 1. The molecule has 0 saturated carbocycles. The second-order valence-electron chi connectivity index (χ2n) is 14.0. The summed E-state index contributed by atoms with van der Waals surface area (Å²) in [4.78, 5) is 30.4. The van der Waals surface area contributed by atoms with Gasteiger partial charge in [-0.25, -0.2) is 13.2 Å². The molecule has 57 heavy (non-hydrogen) atoms. The van der Waals surface area contributed by atoms with E-state index in [9.17, 15) is 23.1 Å². The topological polar surface area (TPSA) is 154 Å². The molecule has 12 nitrogen and oxygen atoms in total. The van der Waals surface area contributed by atoms with E-state index in [4.69, 9.17) is 42.1 Å². The van der Waals surface area contributed by atoms with Crippen molar-refractivity contribution in [2.75, 3.05) is 12.9 Å². The molecule has 296 valence electrons. The van der Waals surface area contributed by atoms with Crippen molar-refractivity contribution in [2.45, 2.75) is 58.0 Å². The second-order valence-corrected chi connectivity index (χ2v) is 16.7. The number of ether oxygens (including phenoxy) is 4. The number of sulfonamides is 1. The van der Waals surface area contributed by atoms with Gasteiger partial charge >= 0.3 is 5.97 Å². The molecule has 4 aromatic carbocycles. The van der Waals surface area contributed by atoms with E-state index in [0.29, 0.717) is 62.1 Å². The highest BCUT2D eigenvalue weighted by Gasteiger charge is 2.39. The van der Waals surface area contributed by atoms with Gasteiger partial charge in [-0.15, -0.1) is 0 Å². The highest BCUT2D eigenvalue weighted by molar-refractivity contribution is 7.88. The van der Waals surface area contributed by atoms with E-state index in [2.05, 4.69) is 10.3 Å². The number of hydrogen-bond donors (Lipinski definition) is 2. The largest absolute Gasteiger partial charge is 0.489 e. The summed E-state index contributed by atoms with van der Waals surface area (Å²) in [5.74, 6) is 0.785. The molecule has 2 N–H and O–H groups in total. The summed E-state index contributed by atoms with van der Waals surface area (Å²) in [6, 6.07) is 22.4. The van der Waals surface area contributed by atoms with Crippen molar-refractivity contribution in [3.63, 3.8) is 0 Å². The fourth-order valence-corrected chi connectivity index (χ4v) is 8.02. The minimum Gasteiger partial charge on any atom is -0.489 e. The van der Waals surface area contributed by atoms with Crippen molar-refractivity contribution in [2.24, 2.45) is 0 Å². The molecule has 0 radical (unpaired) electrons. The van der Waals surface area contributed by atoms with E-state index < -0.39 is 40.1 Å². The summed E-state index contributed by atoms with van der Waals surface area (Å²) in [5.41, 5.74) is 5.45. The normalized spacial score (nSPS) is 16.9. The smallest absolute Gasteiger partial charge is 0.326 e. The maximum atomic E-state index is 13.8. The van der Waals surface area contributed by atoms with Crippen LogP contribution in [0.1, 0.15) is 45.2 Å². The Kier molecular flexibility index (Phi) is 11.6. The molecular weight excluding hydrogens is 793 g/mol. The van der Waals surface area contributed by atoms with E-state index in [1.165, 1.54) is 0 Å². The average molecular weight is 833 g/mol. The molecule has 3 atom stereocenters. The number of aromatic nitrogens is 1. The fraction of sp³-hybridized carbons (Fsp3) is 0.262. The Morgan fingerprint density at radius 2 is 1.63 bits per heavy atom. The van der Waals surface area contributed by atoms with E-state index in [0.717, 1.165) is 32.9 Å². The van der Waals surface area contributed by atoms with Crippen LogP contribution in [0.2, 0.25) is 10.0 Å². The van der Waals surface area contributed by atoms with Crippen molar-refractivity contribution in [1.82, 2.24) is 14.6 Å². The molecule has 0 fully saturated rings. The number of amides is 1. The van der Waals surface area contributed by atoms with Gasteiger partial charge in [-0.1, -0.05) is 53.5 Å². The van der Waals surface area contributed by atoms with E-state index in [-0.39, 0.29) is 26.0 Å². The number of carboxylic acid groups (broad SMARTS) is 1. The average Bonchev–Trinajstić information content (AvgIpc) is 3.18. The van der Waals surface area contributed by atoms with E-state index >= 15 is 0 Å². The van der Waals surface area contributed by atoms with Gasteiger partial charge in [0.15, 0.2) is 17.6 Å². The zero-order valence-corrected chi connectivity index (χ0v) is 33.5. The Bertz CT molecular complexity index is 2430. The van der Waals surface area contributed by atoms with Gasteiger partial charge in [0.1, 0.15) is 42.5 Å². The van der Waals surface area contributed by atoms with Gasteiger partial charge in [-0.05, 0) is 103 Å². The summed E-state index contributed by atoms with van der Waals surface area (Å²) in [6.07, 6.45) is 2.21. The summed E-state index contributed by atoms with van der Waals surface area (Å²) in [6.45, 7) is 4.21. The van der Waals surface area contributed by atoms with Crippen molar-refractivity contribution in [3.05, 3.63) is 140 Å². The van der Waals surface area contributed by atoms with Crippen LogP contribution in [0.5, 0.6) is 28.7 Å². The van der Waals surface area contributed by atoms with Crippen LogP contribution in [0, 0.1) is 13.8 Å². The third-order valence-corrected chi connectivity index (χ3v) is 12.0. The number of rotatable bonds is 12. The van der Waals surface area contributed by atoms with Gasteiger partial charge < -0.3 is 29.4 Å². The Morgan fingerprint density at radius 1 is 0.930 bits per heavy atom. The summed E-state index contributed by atoms with van der Waals surface area (Å²) < 4.78 is 51.6. The maximum Gasteiger partial charge on any atom is 0.326 e. The van der Waals surface area contributed by atoms with Crippen LogP contribution in [0.4, 0.5) is 0 Å². The first-order valence-corrected chi connectivity index (χ1v) is 20.6. The Hall–Kier alpha value is -5.34. The van der Waals surface area contributed by atoms with Crippen molar-refractivity contribution < 1.29 is 42.1 Å². The number of aryl methyl sites for hydroxylation is 1. The molecule has 1 amide bonds. The van der Waals surface area contributed by atoms with Crippen molar-refractivity contribution in [1.29, 1.82) is 0 Å². The highest BCUT2D eigenvalue weighted by atomic mass is 35.5. The van der Waals surface area contributed by atoms with Gasteiger partial charge in [0.25, 0.3) is 0 Å². The molecular formula is C42H39Cl2N3O9S. The molecule has 15 heteroatoms. The minimum atomic E-state index is -3.91. The van der Waals surface area contributed by atoms with Gasteiger partial charge in [-0.3, -0.25) is 9.78 Å². The SMILES string of the molecule is Cc1nccc(Oc2ccc(CC(NC(=O)[C@@H]3Cc4cc5c(cc4CN3S(C)(=O)=O)O[C@@H](c3ccc(OCc4ccc(Cl)c(Cl)c4)cc3)CO5)C(=O)O)cc2)c1C. The lowest BCUT2D eigenvalue weighted by atomic mass is 9.94. The zero-order chi connectivity index (χ0) is 40.4. The molecule has 0 bridgehead atoms. The number of halogens is 2. The molecule has 0 aliphatic carbocycles. The Balaban J connectivity index is 1.01. The van der Waals surface area contributed by atoms with Crippen LogP contribution >= 0.6 is 23.2 Å². The second kappa shape index (κ2) is 16.6. The number of nitrogens with zero attached hydrogens (tertiary/aromatic N) is 2. The van der Waals surface area contributed by atoms with Crippen molar-refractivity contribution >= 4 is 45.1 Å². The summed E-state index contributed by atoms with van der Waals surface area (Å²) in [5, 5.41) is 13.6. The standard InChI is InChI=1S/C42H39Cl2N3O9S/c1-24-25(2)45-15-14-37(24)55-32-9-4-26(5-10-32)17-35(42(49)50)46-41(48)36-18-29-19-38-39(20-30(29)21-47(36)57(3,51)52)56-40(23-54-38)28-7-11-31(12-8-28)53-22-27-6-13-33(43)34(44)16-27/h4-16,19-20,35-36,40H,17-18,21-23H2,1-3H3,(H,46,48)(H,49,50)/t35?,36-,40+/m0/s1. The fourth-order valence-electron chi connectivity index (χ4n) is 6.69. The van der Waals surface area contributed by atoms with Crippen LogP contribution in [-0.2, 0) is 45.6 Å². The van der Waals surface area contributed by atoms with Crippen LogP contribution in [0.15, 0.2) is 91.1 Å². The van der Waals surface area contributed by atoms with Crippen LogP contribution in [-0.4, -0.2) is 59.6 Å². The molecule has 2 aliphatic rings. The Labute approximate surface area is 340 Å². The number of nitrogens with one attached hydrogen (secondary N) is 1. The van der Waals surface area contributed by atoms with E-state index in [1.807, 2.05) is 44.2 Å². The molecule has 5 aromatic rings. The molecule has 1 aromatic heterocycles. The number of carbonyl (C=O) groups is 2. The maximum absolute atomic E-state index is 13.8. The third-order valence-electron chi connectivity index (χ3n) is 9.99. The molecule has 0 spiro atoms. The zero-order valence-electron chi connectivity index (χ0n) is 31.2. The lowest BCUT2D eigenvalue weighted by molar-refractivity contribution is -0.142. The van der Waals surface area contributed by atoms with Gasteiger partial charge in [0, 0.05) is 30.4 Å². The van der Waals surface area contributed by atoms with Crippen LogP contribution in [0.25, 0.3) is 0 Å². The monoisotopic (exact) mass is 831 g/mol. The van der Waals surface area contributed by atoms with Crippen LogP contribution < -0.4 is 24.3 Å². The van der Waals surface area contributed by atoms with Gasteiger partial charge in [0.2, 0.25) is 15.9 Å². The predicted molar refractivity (Wildman–Crippen MR) is 214 cm³/mol. The first-order valence-electron chi connectivity index (χ1n) is 18.0. The molecule has 1 unspecified atom stereocenters. The molecule has 3 heterocycles. The van der Waals surface area contributed by atoms with E-state index in [1.54, 1.807) is 60.8 Å². The summed E-state index contributed by atoms with van der Waals surface area (Å²) >= 11 is 12.1. The van der Waals surface area contributed by atoms with Crippen molar-refractivity contribution in [3.8, 4) is 28.7 Å². The first-order chi connectivity index (χ1) is 27.2. The highest BCUT2D eigenvalue weighted by Crippen LogP contribution is 2.41. The number of hydrogen-bond acceptors (Lipinski definition) is 9. The quantitative estimate of drug-likeness (QED) is 0.130. The van der Waals surface area contributed by atoms with Gasteiger partial charge in [-0.2, -0.15) is 4.31 Å². The number of carbonyl (C=O) groups excluding carboxylic acids is 1. The third kappa shape index (κ3) is 9.29. The van der Waals surface area contributed by atoms with Crippen LogP contribution in [0.3, 0.4) is 0 Å².